The Morgan fingerprint density at radius 2 is 1.94 bits per heavy atom. The molecule has 2 aromatic rings. The first kappa shape index (κ1) is 25.2. The van der Waals surface area contributed by atoms with Crippen LogP contribution in [0.5, 0.6) is 0 Å². The monoisotopic (exact) mass is 550 g/mol. The molecule has 2 aliphatic rings. The number of esters is 1. The number of aromatic amines is 1. The van der Waals surface area contributed by atoms with Gasteiger partial charge < -0.3 is 25.7 Å². The lowest BCUT2D eigenvalue weighted by Gasteiger charge is -2.27. The fourth-order valence-electron chi connectivity index (χ4n) is 4.40. The average Bonchev–Trinajstić information content (AvgIpc) is 3.54. The Hall–Kier alpha value is -2.95. The second-order valence-electron chi connectivity index (χ2n) is 9.16. The molecule has 0 spiro atoms. The smallest absolute Gasteiger partial charge is 0.328 e. The van der Waals surface area contributed by atoms with Crippen molar-refractivity contribution in [3.8, 4) is 0 Å². The van der Waals surface area contributed by atoms with Crippen LogP contribution in [-0.2, 0) is 19.1 Å². The van der Waals surface area contributed by atoms with Crippen molar-refractivity contribution in [1.82, 2.24) is 20.9 Å². The Morgan fingerprint density at radius 1 is 1.17 bits per heavy atom. The second-order valence-corrected chi connectivity index (χ2v) is 10.0. The quantitative estimate of drug-likeness (QED) is 0.356. The van der Waals surface area contributed by atoms with E-state index in [2.05, 4.69) is 36.9 Å². The van der Waals surface area contributed by atoms with Crippen LogP contribution >= 0.6 is 15.9 Å². The third-order valence-electron chi connectivity index (χ3n) is 6.54. The van der Waals surface area contributed by atoms with Crippen molar-refractivity contribution in [2.45, 2.75) is 50.6 Å². The van der Waals surface area contributed by atoms with Crippen molar-refractivity contribution in [1.29, 1.82) is 0 Å². The maximum Gasteiger partial charge on any atom is 0.328 e. The molecule has 2 heterocycles. The number of rotatable bonds is 9. The van der Waals surface area contributed by atoms with Crippen LogP contribution < -0.4 is 16.0 Å². The normalized spacial score (nSPS) is 19.5. The molecular formula is C24H28BrFN4O5. The molecule has 2 fully saturated rings. The van der Waals surface area contributed by atoms with Crippen LogP contribution in [0.4, 0.5) is 4.39 Å². The van der Waals surface area contributed by atoms with E-state index in [1.54, 1.807) is 6.07 Å². The summed E-state index contributed by atoms with van der Waals surface area (Å²) in [5.41, 5.74) is 0.553. The highest BCUT2D eigenvalue weighted by molar-refractivity contribution is 9.10. The number of amides is 3. The summed E-state index contributed by atoms with van der Waals surface area (Å²) in [6.07, 6.45) is 3.83. The first-order chi connectivity index (χ1) is 16.8. The fourth-order valence-corrected chi connectivity index (χ4v) is 4.85. The van der Waals surface area contributed by atoms with Gasteiger partial charge in [0, 0.05) is 22.3 Å². The highest BCUT2D eigenvalue weighted by Crippen LogP contribution is 2.34. The van der Waals surface area contributed by atoms with Gasteiger partial charge in [-0.25, -0.2) is 9.18 Å². The first-order valence-electron chi connectivity index (χ1n) is 11.7. The van der Waals surface area contributed by atoms with Crippen molar-refractivity contribution < 1.29 is 28.3 Å². The van der Waals surface area contributed by atoms with Crippen molar-refractivity contribution in [2.75, 3.05) is 13.7 Å². The number of carbonyl (C=O) groups is 4. The number of aromatic nitrogens is 1. The number of carbonyl (C=O) groups excluding carboxylic acids is 4. The Labute approximate surface area is 210 Å². The molecule has 1 aromatic carbocycles. The predicted molar refractivity (Wildman–Crippen MR) is 129 cm³/mol. The summed E-state index contributed by atoms with van der Waals surface area (Å²) in [4.78, 5) is 53.6. The molecule has 0 radical (unpaired) electrons. The molecule has 1 aliphatic heterocycles. The van der Waals surface area contributed by atoms with Crippen LogP contribution in [0.1, 0.15) is 49.0 Å². The molecule has 188 valence electrons. The zero-order valence-electron chi connectivity index (χ0n) is 19.3. The Kier molecular flexibility index (Phi) is 7.73. The molecule has 11 heteroatoms. The maximum atomic E-state index is 14.2. The summed E-state index contributed by atoms with van der Waals surface area (Å²) in [7, 11) is 1.22. The summed E-state index contributed by atoms with van der Waals surface area (Å²) in [5, 5.41) is 8.44. The Morgan fingerprint density at radius 3 is 2.60 bits per heavy atom. The number of hydrogen-bond donors (Lipinski definition) is 4. The van der Waals surface area contributed by atoms with Crippen LogP contribution in [0.15, 0.2) is 22.7 Å². The van der Waals surface area contributed by atoms with Gasteiger partial charge in [-0.05, 0) is 65.7 Å². The van der Waals surface area contributed by atoms with Gasteiger partial charge in [-0.3, -0.25) is 14.4 Å². The SMILES string of the molecule is COC(=O)C(C[C@@H]1CCCNC1=O)NC(=O)[C@H](CC1CC1)NC(=O)c1cc2c(F)ccc(Br)c2[nH]1. The summed E-state index contributed by atoms with van der Waals surface area (Å²) in [5.74, 6) is -2.48. The summed E-state index contributed by atoms with van der Waals surface area (Å²) in [6, 6.07) is 2.32. The number of halogens is 2. The number of piperidine rings is 1. The second kappa shape index (κ2) is 10.8. The van der Waals surface area contributed by atoms with Crippen LogP contribution in [0.2, 0.25) is 0 Å². The van der Waals surface area contributed by atoms with Crippen LogP contribution in [0.3, 0.4) is 0 Å². The van der Waals surface area contributed by atoms with Gasteiger partial charge in [-0.15, -0.1) is 0 Å². The number of H-pyrrole nitrogens is 1. The number of benzene rings is 1. The van der Waals surface area contributed by atoms with E-state index in [9.17, 15) is 23.6 Å². The predicted octanol–water partition coefficient (Wildman–Crippen LogP) is 2.54. The van der Waals surface area contributed by atoms with Gasteiger partial charge in [0.05, 0.1) is 12.6 Å². The number of methoxy groups -OCH3 is 1. The molecule has 9 nitrogen and oxygen atoms in total. The minimum Gasteiger partial charge on any atom is -0.467 e. The molecule has 1 saturated heterocycles. The summed E-state index contributed by atoms with van der Waals surface area (Å²) < 4.78 is 19.6. The van der Waals surface area contributed by atoms with Crippen molar-refractivity contribution in [3.05, 3.63) is 34.2 Å². The van der Waals surface area contributed by atoms with Crippen LogP contribution in [0.25, 0.3) is 10.9 Å². The molecule has 1 aromatic heterocycles. The van der Waals surface area contributed by atoms with Gasteiger partial charge >= 0.3 is 5.97 Å². The van der Waals surface area contributed by atoms with E-state index < -0.39 is 41.6 Å². The molecule has 4 rings (SSSR count). The minimum atomic E-state index is -1.02. The third kappa shape index (κ3) is 6.01. The molecular weight excluding hydrogens is 523 g/mol. The lowest BCUT2D eigenvalue weighted by atomic mass is 9.91. The Bertz CT molecular complexity index is 1110. The lowest BCUT2D eigenvalue weighted by Crippen LogP contribution is -2.53. The van der Waals surface area contributed by atoms with E-state index in [0.717, 1.165) is 19.3 Å². The number of ether oxygens (including phenoxy) is 1. The Balaban J connectivity index is 1.48. The van der Waals surface area contributed by atoms with E-state index >= 15 is 0 Å². The van der Waals surface area contributed by atoms with E-state index in [1.165, 1.54) is 19.2 Å². The lowest BCUT2D eigenvalue weighted by molar-refractivity contribution is -0.146. The highest BCUT2D eigenvalue weighted by Gasteiger charge is 2.35. The van der Waals surface area contributed by atoms with Crippen molar-refractivity contribution in [3.63, 3.8) is 0 Å². The molecule has 1 unspecified atom stereocenters. The van der Waals surface area contributed by atoms with Crippen LogP contribution in [0, 0.1) is 17.7 Å². The van der Waals surface area contributed by atoms with Crippen molar-refractivity contribution >= 4 is 50.5 Å². The molecule has 35 heavy (non-hydrogen) atoms. The highest BCUT2D eigenvalue weighted by atomic mass is 79.9. The number of hydrogen-bond acceptors (Lipinski definition) is 5. The van der Waals surface area contributed by atoms with E-state index in [0.29, 0.717) is 35.3 Å². The molecule has 3 atom stereocenters. The molecule has 4 N–H and O–H groups in total. The van der Waals surface area contributed by atoms with Gasteiger partial charge in [0.15, 0.2) is 0 Å². The fraction of sp³-hybridized carbons (Fsp3) is 0.500. The topological polar surface area (TPSA) is 129 Å². The maximum absolute atomic E-state index is 14.2. The summed E-state index contributed by atoms with van der Waals surface area (Å²) in [6.45, 7) is 0.592. The zero-order chi connectivity index (χ0) is 25.1. The molecule has 3 amide bonds. The van der Waals surface area contributed by atoms with Gasteiger partial charge in [0.1, 0.15) is 23.6 Å². The van der Waals surface area contributed by atoms with E-state index in [-0.39, 0.29) is 23.4 Å². The number of nitrogens with one attached hydrogen (secondary N) is 4. The molecule has 0 bridgehead atoms. The van der Waals surface area contributed by atoms with Crippen molar-refractivity contribution in [2.24, 2.45) is 11.8 Å². The van der Waals surface area contributed by atoms with E-state index in [4.69, 9.17) is 4.74 Å². The van der Waals surface area contributed by atoms with Gasteiger partial charge in [0.2, 0.25) is 11.8 Å². The first-order valence-corrected chi connectivity index (χ1v) is 12.5. The summed E-state index contributed by atoms with van der Waals surface area (Å²) >= 11 is 3.33. The van der Waals surface area contributed by atoms with Gasteiger partial charge in [-0.2, -0.15) is 0 Å². The molecule has 1 aliphatic carbocycles. The largest absolute Gasteiger partial charge is 0.467 e. The molecule has 1 saturated carbocycles. The average molecular weight is 551 g/mol. The minimum absolute atomic E-state index is 0.114. The third-order valence-corrected chi connectivity index (χ3v) is 7.20. The number of fused-ring (bicyclic) bond motifs is 1. The standard InChI is InChI=1S/C24H28BrFN4O5/c1-35-24(34)19(10-13-3-2-8-27-21(13)31)30-22(32)17(9-12-4-5-12)29-23(33)18-11-14-16(26)7-6-15(25)20(14)28-18/h6-7,11-13,17,19,28H,2-5,8-10H2,1H3,(H,27,31)(H,29,33)(H,30,32)/t13-,17-,19?/m0/s1. The van der Waals surface area contributed by atoms with Crippen LogP contribution in [-0.4, -0.2) is 54.4 Å². The van der Waals surface area contributed by atoms with Gasteiger partial charge in [-0.1, -0.05) is 12.8 Å². The van der Waals surface area contributed by atoms with E-state index in [1.807, 2.05) is 0 Å². The zero-order valence-corrected chi connectivity index (χ0v) is 20.9. The van der Waals surface area contributed by atoms with Gasteiger partial charge in [0.25, 0.3) is 5.91 Å².